The molecule has 1 heterocycles. The van der Waals surface area contributed by atoms with E-state index in [0.29, 0.717) is 24.6 Å². The number of carbonyl (C=O) groups is 1. The van der Waals surface area contributed by atoms with Gasteiger partial charge in [0.1, 0.15) is 0 Å². The van der Waals surface area contributed by atoms with E-state index >= 15 is 0 Å². The lowest BCUT2D eigenvalue weighted by molar-refractivity contribution is 0.132. The summed E-state index contributed by atoms with van der Waals surface area (Å²) in [6, 6.07) is 9.40. The molecule has 0 aliphatic carbocycles. The number of alkyl carbamates (subject to hydrolysis) is 1. The molecule has 0 unspecified atom stereocenters. The number of nitrogens with zero attached hydrogens (tertiary/aromatic N) is 2. The molecule has 130 valence electrons. The van der Waals surface area contributed by atoms with E-state index in [4.69, 9.17) is 15.0 Å². The third-order valence-corrected chi connectivity index (χ3v) is 3.15. The highest BCUT2D eigenvalue weighted by molar-refractivity contribution is 5.68. The second kappa shape index (κ2) is 7.92. The topological polar surface area (TPSA) is 103 Å². The summed E-state index contributed by atoms with van der Waals surface area (Å²) in [4.78, 5) is 15.9. The van der Waals surface area contributed by atoms with Gasteiger partial charge in [-0.25, -0.2) is 4.79 Å². The molecule has 0 aliphatic rings. The van der Waals surface area contributed by atoms with Crippen LogP contribution >= 0.6 is 0 Å². The standard InChI is InChI=1S/C17H24N4O3/c1-17(2,3)20-16(22)23-10-9-13(18)15-19-14(21-24-15)11-12-7-5-4-6-8-12/h4-8,13H,9-11,18H2,1-3H3,(H,20,22)/t13-/m0/s1. The molecule has 1 amide bonds. The number of ether oxygens (including phenoxy) is 1. The Hall–Kier alpha value is -2.41. The summed E-state index contributed by atoms with van der Waals surface area (Å²) in [5.74, 6) is 0.929. The largest absolute Gasteiger partial charge is 0.449 e. The van der Waals surface area contributed by atoms with Crippen LogP contribution in [0.4, 0.5) is 4.79 Å². The molecule has 0 saturated heterocycles. The molecule has 24 heavy (non-hydrogen) atoms. The first kappa shape index (κ1) is 17.9. The molecule has 1 aromatic heterocycles. The van der Waals surface area contributed by atoms with E-state index in [-0.39, 0.29) is 12.1 Å². The van der Waals surface area contributed by atoms with Crippen LogP contribution in [0.1, 0.15) is 50.5 Å². The summed E-state index contributed by atoms with van der Waals surface area (Å²) in [5, 5.41) is 6.65. The molecule has 1 atom stereocenters. The molecule has 0 bridgehead atoms. The fraction of sp³-hybridized carbons (Fsp3) is 0.471. The van der Waals surface area contributed by atoms with Crippen LogP contribution in [-0.2, 0) is 11.2 Å². The normalized spacial score (nSPS) is 12.7. The van der Waals surface area contributed by atoms with Crippen molar-refractivity contribution in [3.8, 4) is 0 Å². The van der Waals surface area contributed by atoms with Crippen molar-refractivity contribution < 1.29 is 14.1 Å². The Labute approximate surface area is 141 Å². The van der Waals surface area contributed by atoms with Crippen LogP contribution in [0.5, 0.6) is 0 Å². The Bertz CT molecular complexity index is 649. The number of benzene rings is 1. The number of carbonyl (C=O) groups excluding carboxylic acids is 1. The minimum absolute atomic E-state index is 0.180. The van der Waals surface area contributed by atoms with Gasteiger partial charge in [-0.3, -0.25) is 0 Å². The Balaban J connectivity index is 1.79. The second-order valence-corrected chi connectivity index (χ2v) is 6.62. The molecule has 1 aromatic carbocycles. The SMILES string of the molecule is CC(C)(C)NC(=O)OCC[C@H](N)c1nc(Cc2ccccc2)no1. The van der Waals surface area contributed by atoms with Crippen molar-refractivity contribution in [2.45, 2.75) is 45.2 Å². The van der Waals surface area contributed by atoms with E-state index in [1.54, 1.807) is 0 Å². The van der Waals surface area contributed by atoms with E-state index in [9.17, 15) is 4.79 Å². The van der Waals surface area contributed by atoms with Gasteiger partial charge in [0.15, 0.2) is 5.82 Å². The highest BCUT2D eigenvalue weighted by Gasteiger charge is 2.17. The van der Waals surface area contributed by atoms with Crippen molar-refractivity contribution in [1.82, 2.24) is 15.5 Å². The quantitative estimate of drug-likeness (QED) is 0.842. The van der Waals surface area contributed by atoms with Crippen LogP contribution in [0.15, 0.2) is 34.9 Å². The maximum atomic E-state index is 11.6. The van der Waals surface area contributed by atoms with Crippen LogP contribution in [0, 0.1) is 0 Å². The van der Waals surface area contributed by atoms with Gasteiger partial charge in [0.05, 0.1) is 12.6 Å². The summed E-state index contributed by atoms with van der Waals surface area (Å²) < 4.78 is 10.3. The highest BCUT2D eigenvalue weighted by Crippen LogP contribution is 2.14. The summed E-state index contributed by atoms with van der Waals surface area (Å²) in [6.07, 6.45) is 0.525. The molecule has 0 saturated carbocycles. The molecular weight excluding hydrogens is 308 g/mol. The van der Waals surface area contributed by atoms with Gasteiger partial charge in [-0.05, 0) is 26.3 Å². The van der Waals surface area contributed by atoms with E-state index in [1.807, 2.05) is 51.1 Å². The van der Waals surface area contributed by atoms with Gasteiger partial charge < -0.3 is 20.3 Å². The lowest BCUT2D eigenvalue weighted by Gasteiger charge is -2.20. The van der Waals surface area contributed by atoms with Gasteiger partial charge >= 0.3 is 6.09 Å². The number of nitrogens with two attached hydrogens (primary N) is 1. The van der Waals surface area contributed by atoms with Crippen LogP contribution in [0.2, 0.25) is 0 Å². The zero-order chi connectivity index (χ0) is 17.6. The summed E-state index contributed by atoms with van der Waals surface area (Å²) in [7, 11) is 0. The zero-order valence-electron chi connectivity index (χ0n) is 14.3. The van der Waals surface area contributed by atoms with Gasteiger partial charge in [-0.15, -0.1) is 0 Å². The van der Waals surface area contributed by atoms with Gasteiger partial charge in [-0.1, -0.05) is 35.5 Å². The predicted octanol–water partition coefficient (Wildman–Crippen LogP) is 2.58. The van der Waals surface area contributed by atoms with Gasteiger partial charge in [0, 0.05) is 18.4 Å². The van der Waals surface area contributed by atoms with Crippen LogP contribution in [-0.4, -0.2) is 28.4 Å². The van der Waals surface area contributed by atoms with Crippen molar-refractivity contribution in [2.75, 3.05) is 6.61 Å². The molecule has 2 aromatic rings. The first-order valence-electron chi connectivity index (χ1n) is 7.90. The maximum Gasteiger partial charge on any atom is 0.407 e. The first-order valence-corrected chi connectivity index (χ1v) is 7.90. The minimum Gasteiger partial charge on any atom is -0.449 e. The molecule has 0 aliphatic heterocycles. The first-order chi connectivity index (χ1) is 11.3. The average Bonchev–Trinajstić information content (AvgIpc) is 2.95. The highest BCUT2D eigenvalue weighted by atomic mass is 16.5. The van der Waals surface area contributed by atoms with Crippen molar-refractivity contribution in [3.63, 3.8) is 0 Å². The van der Waals surface area contributed by atoms with Gasteiger partial charge in [0.2, 0.25) is 5.89 Å². The van der Waals surface area contributed by atoms with Crippen molar-refractivity contribution in [2.24, 2.45) is 5.73 Å². The summed E-state index contributed by atoms with van der Waals surface area (Å²) in [6.45, 7) is 5.82. The van der Waals surface area contributed by atoms with Crippen molar-refractivity contribution >= 4 is 6.09 Å². The summed E-state index contributed by atoms with van der Waals surface area (Å²) >= 11 is 0. The Kier molecular flexibility index (Phi) is 5.92. The smallest absolute Gasteiger partial charge is 0.407 e. The molecule has 0 spiro atoms. The molecule has 0 fully saturated rings. The molecule has 7 nitrogen and oxygen atoms in total. The number of hydrogen-bond donors (Lipinski definition) is 2. The molecule has 3 N–H and O–H groups in total. The number of nitrogens with one attached hydrogen (secondary N) is 1. The monoisotopic (exact) mass is 332 g/mol. The Morgan fingerprint density at radius 1 is 1.33 bits per heavy atom. The second-order valence-electron chi connectivity index (χ2n) is 6.62. The zero-order valence-corrected chi connectivity index (χ0v) is 14.3. The molecular formula is C17H24N4O3. The maximum absolute atomic E-state index is 11.6. The fourth-order valence-electron chi connectivity index (χ4n) is 2.01. The summed E-state index contributed by atoms with van der Waals surface area (Å²) in [5.41, 5.74) is 6.77. The molecule has 7 heteroatoms. The average molecular weight is 332 g/mol. The molecule has 2 rings (SSSR count). The third-order valence-electron chi connectivity index (χ3n) is 3.15. The Morgan fingerprint density at radius 2 is 2.04 bits per heavy atom. The van der Waals surface area contributed by atoms with Crippen LogP contribution in [0.25, 0.3) is 0 Å². The van der Waals surface area contributed by atoms with E-state index < -0.39 is 12.1 Å². The third kappa shape index (κ3) is 6.00. The van der Waals surface area contributed by atoms with E-state index in [1.165, 1.54) is 0 Å². The predicted molar refractivity (Wildman–Crippen MR) is 89.3 cm³/mol. The molecule has 0 radical (unpaired) electrons. The number of aromatic nitrogens is 2. The van der Waals surface area contributed by atoms with Crippen molar-refractivity contribution in [1.29, 1.82) is 0 Å². The van der Waals surface area contributed by atoms with Crippen LogP contribution in [0.3, 0.4) is 0 Å². The lowest BCUT2D eigenvalue weighted by Crippen LogP contribution is -2.41. The van der Waals surface area contributed by atoms with E-state index in [0.717, 1.165) is 5.56 Å². The van der Waals surface area contributed by atoms with Gasteiger partial charge in [0.25, 0.3) is 0 Å². The Morgan fingerprint density at radius 3 is 2.71 bits per heavy atom. The van der Waals surface area contributed by atoms with E-state index in [2.05, 4.69) is 15.5 Å². The lowest BCUT2D eigenvalue weighted by atomic mass is 10.1. The minimum atomic E-state index is -0.468. The van der Waals surface area contributed by atoms with Gasteiger partial charge in [-0.2, -0.15) is 4.98 Å². The number of rotatable bonds is 6. The number of amides is 1. The fourth-order valence-corrected chi connectivity index (χ4v) is 2.01. The number of hydrogen-bond acceptors (Lipinski definition) is 6. The van der Waals surface area contributed by atoms with Crippen LogP contribution < -0.4 is 11.1 Å². The van der Waals surface area contributed by atoms with Crippen molar-refractivity contribution in [3.05, 3.63) is 47.6 Å².